The molecule has 1 aromatic rings. The number of hydrogen-bond donors (Lipinski definition) is 1. The second-order valence-electron chi connectivity index (χ2n) is 6.25. The monoisotopic (exact) mass is 338 g/mol. The lowest BCUT2D eigenvalue weighted by Gasteiger charge is -2.25. The molecule has 0 aliphatic carbocycles. The SMILES string of the molecule is CC(C)C1CCCN(c2ccc(CCN)cc2Br)CC1. The van der Waals surface area contributed by atoms with Crippen LogP contribution in [-0.2, 0) is 6.42 Å². The second-order valence-corrected chi connectivity index (χ2v) is 7.10. The molecule has 0 bridgehead atoms. The van der Waals surface area contributed by atoms with Crippen LogP contribution in [0.25, 0.3) is 0 Å². The number of anilines is 1. The highest BCUT2D eigenvalue weighted by molar-refractivity contribution is 9.10. The molecule has 0 radical (unpaired) electrons. The van der Waals surface area contributed by atoms with Gasteiger partial charge in [-0.1, -0.05) is 19.9 Å². The summed E-state index contributed by atoms with van der Waals surface area (Å²) in [5.74, 6) is 1.70. The molecular formula is C17H27BrN2. The van der Waals surface area contributed by atoms with E-state index in [4.69, 9.17) is 5.73 Å². The summed E-state index contributed by atoms with van der Waals surface area (Å²) in [5, 5.41) is 0. The highest BCUT2D eigenvalue weighted by Gasteiger charge is 2.20. The fourth-order valence-electron chi connectivity index (χ4n) is 3.16. The first kappa shape index (κ1) is 15.8. The maximum atomic E-state index is 5.63. The number of hydrogen-bond acceptors (Lipinski definition) is 2. The number of benzene rings is 1. The molecule has 0 spiro atoms. The molecule has 2 nitrogen and oxygen atoms in total. The standard InChI is InChI=1S/C17H27BrN2/c1-13(2)15-4-3-10-20(11-8-15)17-6-5-14(7-9-19)12-16(17)18/h5-6,12-13,15H,3-4,7-11,19H2,1-2H3. The second kappa shape index (κ2) is 7.46. The van der Waals surface area contributed by atoms with Crippen LogP contribution in [0.2, 0.25) is 0 Å². The smallest absolute Gasteiger partial charge is 0.0510 e. The lowest BCUT2D eigenvalue weighted by Crippen LogP contribution is -2.25. The van der Waals surface area contributed by atoms with Crippen LogP contribution in [0.15, 0.2) is 22.7 Å². The van der Waals surface area contributed by atoms with E-state index >= 15 is 0 Å². The van der Waals surface area contributed by atoms with Gasteiger partial charge in [-0.25, -0.2) is 0 Å². The van der Waals surface area contributed by atoms with Crippen molar-refractivity contribution in [3.05, 3.63) is 28.2 Å². The molecule has 0 amide bonds. The lowest BCUT2D eigenvalue weighted by molar-refractivity contribution is 0.351. The summed E-state index contributed by atoms with van der Waals surface area (Å²) < 4.78 is 1.21. The minimum atomic E-state index is 0.714. The van der Waals surface area contributed by atoms with Gasteiger partial charge < -0.3 is 10.6 Å². The third kappa shape index (κ3) is 3.98. The van der Waals surface area contributed by atoms with E-state index in [1.165, 1.54) is 48.1 Å². The number of halogens is 1. The summed E-state index contributed by atoms with van der Waals surface area (Å²) in [6.45, 7) is 7.79. The van der Waals surface area contributed by atoms with Crippen LogP contribution < -0.4 is 10.6 Å². The average Bonchev–Trinajstić information content (AvgIpc) is 2.65. The van der Waals surface area contributed by atoms with Crippen molar-refractivity contribution in [1.29, 1.82) is 0 Å². The zero-order chi connectivity index (χ0) is 14.5. The Morgan fingerprint density at radius 1 is 1.30 bits per heavy atom. The van der Waals surface area contributed by atoms with Crippen molar-refractivity contribution in [2.75, 3.05) is 24.5 Å². The molecule has 3 heteroatoms. The van der Waals surface area contributed by atoms with Crippen LogP contribution in [0.4, 0.5) is 5.69 Å². The summed E-state index contributed by atoms with van der Waals surface area (Å²) in [5.41, 5.74) is 8.29. The lowest BCUT2D eigenvalue weighted by atomic mass is 9.89. The van der Waals surface area contributed by atoms with Gasteiger partial charge in [0.2, 0.25) is 0 Å². The van der Waals surface area contributed by atoms with Gasteiger partial charge in [-0.2, -0.15) is 0 Å². The number of rotatable bonds is 4. The summed E-state index contributed by atoms with van der Waals surface area (Å²) in [6.07, 6.45) is 4.94. The minimum absolute atomic E-state index is 0.714. The van der Waals surface area contributed by atoms with Gasteiger partial charge in [0, 0.05) is 17.6 Å². The normalized spacial score (nSPS) is 20.2. The van der Waals surface area contributed by atoms with Crippen LogP contribution in [-0.4, -0.2) is 19.6 Å². The van der Waals surface area contributed by atoms with Gasteiger partial charge >= 0.3 is 0 Å². The van der Waals surface area contributed by atoms with Crippen molar-refractivity contribution in [3.8, 4) is 0 Å². The molecule has 20 heavy (non-hydrogen) atoms. The Kier molecular flexibility index (Phi) is 5.91. The van der Waals surface area contributed by atoms with Gasteiger partial charge in [0.1, 0.15) is 0 Å². The van der Waals surface area contributed by atoms with Gasteiger partial charge in [-0.15, -0.1) is 0 Å². The van der Waals surface area contributed by atoms with Crippen LogP contribution in [0, 0.1) is 11.8 Å². The van der Waals surface area contributed by atoms with Gasteiger partial charge in [-0.3, -0.25) is 0 Å². The van der Waals surface area contributed by atoms with Crippen LogP contribution >= 0.6 is 15.9 Å². The van der Waals surface area contributed by atoms with E-state index in [2.05, 4.69) is 52.9 Å². The van der Waals surface area contributed by atoms with E-state index in [-0.39, 0.29) is 0 Å². The van der Waals surface area contributed by atoms with E-state index in [0.717, 1.165) is 18.3 Å². The predicted octanol–water partition coefficient (Wildman–Crippen LogP) is 4.21. The maximum absolute atomic E-state index is 5.63. The average molecular weight is 339 g/mol. The van der Waals surface area contributed by atoms with Crippen molar-refractivity contribution in [3.63, 3.8) is 0 Å². The molecule has 112 valence electrons. The molecule has 0 saturated carbocycles. The summed E-state index contributed by atoms with van der Waals surface area (Å²) in [7, 11) is 0. The Morgan fingerprint density at radius 3 is 2.75 bits per heavy atom. The summed E-state index contributed by atoms with van der Waals surface area (Å²) in [6, 6.07) is 6.70. The van der Waals surface area contributed by atoms with Gasteiger partial charge in [0.15, 0.2) is 0 Å². The molecule has 1 aliphatic heterocycles. The molecular weight excluding hydrogens is 312 g/mol. The Morgan fingerprint density at radius 2 is 2.10 bits per heavy atom. The Hall–Kier alpha value is -0.540. The van der Waals surface area contributed by atoms with E-state index in [0.29, 0.717) is 6.54 Å². The largest absolute Gasteiger partial charge is 0.371 e. The molecule has 1 fully saturated rings. The molecule has 0 aromatic heterocycles. The quantitative estimate of drug-likeness (QED) is 0.890. The molecule has 1 unspecified atom stereocenters. The fraction of sp³-hybridized carbons (Fsp3) is 0.647. The third-order valence-electron chi connectivity index (χ3n) is 4.50. The molecule has 2 rings (SSSR count). The van der Waals surface area contributed by atoms with E-state index in [9.17, 15) is 0 Å². The van der Waals surface area contributed by atoms with Crippen LogP contribution in [0.3, 0.4) is 0 Å². The van der Waals surface area contributed by atoms with Crippen molar-refractivity contribution >= 4 is 21.6 Å². The van der Waals surface area contributed by atoms with Crippen molar-refractivity contribution in [1.82, 2.24) is 0 Å². The first-order chi connectivity index (χ1) is 9.61. The van der Waals surface area contributed by atoms with E-state index < -0.39 is 0 Å². The van der Waals surface area contributed by atoms with Gasteiger partial charge in [0.25, 0.3) is 0 Å². The molecule has 1 atom stereocenters. The highest BCUT2D eigenvalue weighted by atomic mass is 79.9. The molecule has 1 aliphatic rings. The zero-order valence-electron chi connectivity index (χ0n) is 12.7. The van der Waals surface area contributed by atoms with E-state index in [1.54, 1.807) is 0 Å². The van der Waals surface area contributed by atoms with Crippen LogP contribution in [0.5, 0.6) is 0 Å². The van der Waals surface area contributed by atoms with Crippen LogP contribution in [0.1, 0.15) is 38.7 Å². The van der Waals surface area contributed by atoms with Crippen molar-refractivity contribution in [2.45, 2.75) is 39.5 Å². The Bertz CT molecular complexity index is 431. The van der Waals surface area contributed by atoms with Crippen molar-refractivity contribution in [2.24, 2.45) is 17.6 Å². The summed E-state index contributed by atoms with van der Waals surface area (Å²) in [4.78, 5) is 2.54. The zero-order valence-corrected chi connectivity index (χ0v) is 14.3. The topological polar surface area (TPSA) is 29.3 Å². The molecule has 1 saturated heterocycles. The van der Waals surface area contributed by atoms with Gasteiger partial charge in [-0.05, 0) is 77.7 Å². The Labute approximate surface area is 131 Å². The van der Waals surface area contributed by atoms with Gasteiger partial charge in [0.05, 0.1) is 5.69 Å². The van der Waals surface area contributed by atoms with Crippen molar-refractivity contribution < 1.29 is 0 Å². The maximum Gasteiger partial charge on any atom is 0.0510 e. The third-order valence-corrected chi connectivity index (χ3v) is 5.14. The highest BCUT2D eigenvalue weighted by Crippen LogP contribution is 2.32. The number of nitrogens with two attached hydrogens (primary N) is 1. The molecule has 2 N–H and O–H groups in total. The molecule has 1 aromatic carbocycles. The van der Waals surface area contributed by atoms with E-state index in [1.807, 2.05) is 0 Å². The minimum Gasteiger partial charge on any atom is -0.371 e. The summed E-state index contributed by atoms with van der Waals surface area (Å²) >= 11 is 3.74. The number of nitrogens with zero attached hydrogens (tertiary/aromatic N) is 1. The predicted molar refractivity (Wildman–Crippen MR) is 91.3 cm³/mol. The Balaban J connectivity index is 2.07. The first-order valence-corrected chi connectivity index (χ1v) is 8.64. The fourth-order valence-corrected chi connectivity index (χ4v) is 3.84. The first-order valence-electron chi connectivity index (χ1n) is 7.85. The molecule has 1 heterocycles.